The minimum Gasteiger partial charge on any atom is -0.444 e. The van der Waals surface area contributed by atoms with Crippen LogP contribution in [-0.2, 0) is 14.8 Å². The Morgan fingerprint density at radius 3 is 2.22 bits per heavy atom. The molecule has 1 aliphatic rings. The van der Waals surface area contributed by atoms with E-state index in [2.05, 4.69) is 5.32 Å². The van der Waals surface area contributed by atoms with Gasteiger partial charge in [0, 0.05) is 0 Å². The molecule has 0 aliphatic heterocycles. The van der Waals surface area contributed by atoms with E-state index in [4.69, 9.17) is 9.88 Å². The fourth-order valence-electron chi connectivity index (χ4n) is 2.26. The van der Waals surface area contributed by atoms with Crippen molar-refractivity contribution in [3.63, 3.8) is 0 Å². The molecule has 0 aromatic rings. The average Bonchev–Trinajstić information content (AvgIpc) is 2.44. The first-order valence-electron chi connectivity index (χ1n) is 6.03. The van der Waals surface area contributed by atoms with Crippen molar-refractivity contribution in [2.24, 2.45) is 5.14 Å². The Kier molecular flexibility index (Phi) is 4.27. The van der Waals surface area contributed by atoms with Crippen molar-refractivity contribution in [1.82, 2.24) is 5.32 Å². The highest BCUT2D eigenvalue weighted by Gasteiger charge is 2.39. The van der Waals surface area contributed by atoms with Gasteiger partial charge in [0.2, 0.25) is 10.0 Å². The Morgan fingerprint density at radius 2 is 1.83 bits per heavy atom. The van der Waals surface area contributed by atoms with Crippen molar-refractivity contribution < 1.29 is 17.9 Å². The van der Waals surface area contributed by atoms with Gasteiger partial charge in [0.05, 0.1) is 11.3 Å². The molecule has 1 fully saturated rings. The highest BCUT2D eigenvalue weighted by Crippen LogP contribution is 2.31. The monoisotopic (exact) mass is 278 g/mol. The summed E-state index contributed by atoms with van der Waals surface area (Å²) in [5, 5.41) is 7.77. The van der Waals surface area contributed by atoms with Crippen molar-refractivity contribution >= 4 is 16.1 Å². The van der Waals surface area contributed by atoms with Gasteiger partial charge in [-0.15, -0.1) is 0 Å². The van der Waals surface area contributed by atoms with Gasteiger partial charge in [-0.3, -0.25) is 0 Å². The third-order valence-electron chi connectivity index (χ3n) is 2.80. The zero-order chi connectivity index (χ0) is 14.0. The van der Waals surface area contributed by atoms with Crippen molar-refractivity contribution in [2.45, 2.75) is 57.6 Å². The van der Waals surface area contributed by atoms with E-state index in [1.54, 1.807) is 20.8 Å². The summed E-state index contributed by atoms with van der Waals surface area (Å²) in [6.45, 7) is 5.27. The summed E-state index contributed by atoms with van der Waals surface area (Å²) >= 11 is 0. The molecule has 106 valence electrons. The van der Waals surface area contributed by atoms with Gasteiger partial charge in [0.15, 0.2) is 0 Å². The van der Waals surface area contributed by atoms with Crippen molar-refractivity contribution in [2.75, 3.05) is 5.75 Å². The van der Waals surface area contributed by atoms with E-state index >= 15 is 0 Å². The second kappa shape index (κ2) is 5.05. The maximum atomic E-state index is 11.7. The average molecular weight is 278 g/mol. The molecule has 0 spiro atoms. The van der Waals surface area contributed by atoms with Gasteiger partial charge in [-0.1, -0.05) is 12.8 Å². The molecule has 0 saturated heterocycles. The van der Waals surface area contributed by atoms with E-state index in [-0.39, 0.29) is 5.75 Å². The van der Waals surface area contributed by atoms with E-state index in [1.165, 1.54) is 0 Å². The molecule has 7 heteroatoms. The number of nitrogens with two attached hydrogens (primary N) is 1. The molecule has 1 aliphatic carbocycles. The summed E-state index contributed by atoms with van der Waals surface area (Å²) in [5.74, 6) is -0.237. The van der Waals surface area contributed by atoms with Crippen LogP contribution in [0.5, 0.6) is 0 Å². The second-order valence-electron chi connectivity index (χ2n) is 5.92. The first-order chi connectivity index (χ1) is 8.02. The number of ether oxygens (including phenoxy) is 1. The van der Waals surface area contributed by atoms with Crippen LogP contribution in [0, 0.1) is 0 Å². The van der Waals surface area contributed by atoms with E-state index < -0.39 is 27.3 Å². The standard InChI is InChI=1S/C11H22N2O4S/c1-10(2,3)17-9(14)13-11(6-4-5-7-11)8-18(12,15)16/h4-8H2,1-3H3,(H,13,14)(H2,12,15,16). The van der Waals surface area contributed by atoms with Crippen LogP contribution in [0.25, 0.3) is 0 Å². The number of amides is 1. The third-order valence-corrected chi connectivity index (χ3v) is 3.76. The van der Waals surface area contributed by atoms with Crippen LogP contribution < -0.4 is 10.5 Å². The molecule has 0 heterocycles. The lowest BCUT2D eigenvalue weighted by Crippen LogP contribution is -2.53. The van der Waals surface area contributed by atoms with Gasteiger partial charge in [-0.2, -0.15) is 0 Å². The topological polar surface area (TPSA) is 98.5 Å². The molecule has 0 unspecified atom stereocenters. The van der Waals surface area contributed by atoms with E-state index in [0.29, 0.717) is 12.8 Å². The second-order valence-corrected chi connectivity index (χ2v) is 7.54. The van der Waals surface area contributed by atoms with E-state index in [0.717, 1.165) is 12.8 Å². The number of carbonyl (C=O) groups is 1. The minimum atomic E-state index is -3.63. The number of hydrogen-bond donors (Lipinski definition) is 2. The van der Waals surface area contributed by atoms with Gasteiger partial charge < -0.3 is 10.1 Å². The van der Waals surface area contributed by atoms with Gasteiger partial charge in [0.1, 0.15) is 5.60 Å². The highest BCUT2D eigenvalue weighted by molar-refractivity contribution is 7.89. The SMILES string of the molecule is CC(C)(C)OC(=O)NC1(CS(N)(=O)=O)CCCC1. The molecule has 0 atom stereocenters. The summed E-state index contributed by atoms with van der Waals surface area (Å²) in [7, 11) is -3.63. The molecule has 1 rings (SSSR count). The maximum absolute atomic E-state index is 11.7. The van der Waals surface area contributed by atoms with Crippen molar-refractivity contribution in [3.8, 4) is 0 Å². The Hall–Kier alpha value is -0.820. The lowest BCUT2D eigenvalue weighted by atomic mass is 10.0. The van der Waals surface area contributed by atoms with Crippen LogP contribution in [0.4, 0.5) is 4.79 Å². The summed E-state index contributed by atoms with van der Waals surface area (Å²) in [6.07, 6.45) is 2.40. The van der Waals surface area contributed by atoms with Gasteiger partial charge >= 0.3 is 6.09 Å². The number of sulfonamides is 1. The summed E-state index contributed by atoms with van der Waals surface area (Å²) in [5.41, 5.74) is -1.37. The van der Waals surface area contributed by atoms with Gasteiger partial charge in [0.25, 0.3) is 0 Å². The lowest BCUT2D eigenvalue weighted by molar-refractivity contribution is 0.0468. The van der Waals surface area contributed by atoms with Crippen LogP contribution in [0.2, 0.25) is 0 Å². The van der Waals surface area contributed by atoms with Gasteiger partial charge in [-0.05, 0) is 33.6 Å². The fourth-order valence-corrected chi connectivity index (χ4v) is 3.39. The number of alkyl carbamates (subject to hydrolysis) is 1. The van der Waals surface area contributed by atoms with Crippen LogP contribution in [0.15, 0.2) is 0 Å². The lowest BCUT2D eigenvalue weighted by Gasteiger charge is -2.30. The molecule has 0 aromatic carbocycles. The first kappa shape index (κ1) is 15.2. The van der Waals surface area contributed by atoms with Crippen LogP contribution in [0.1, 0.15) is 46.5 Å². The quantitative estimate of drug-likeness (QED) is 0.808. The fraction of sp³-hybridized carbons (Fsp3) is 0.909. The molecule has 1 saturated carbocycles. The molecule has 0 radical (unpaired) electrons. The number of nitrogens with one attached hydrogen (secondary N) is 1. The van der Waals surface area contributed by atoms with Crippen LogP contribution in [0.3, 0.4) is 0 Å². The van der Waals surface area contributed by atoms with Crippen molar-refractivity contribution in [1.29, 1.82) is 0 Å². The summed E-state index contributed by atoms with van der Waals surface area (Å²) in [6, 6.07) is 0. The number of rotatable bonds is 3. The Bertz CT molecular complexity index is 405. The Labute approximate surface area is 108 Å². The zero-order valence-corrected chi connectivity index (χ0v) is 12.0. The Morgan fingerprint density at radius 1 is 1.33 bits per heavy atom. The molecule has 6 nitrogen and oxygen atoms in total. The van der Waals surface area contributed by atoms with Gasteiger partial charge in [-0.25, -0.2) is 18.4 Å². The summed E-state index contributed by atoms with van der Waals surface area (Å²) < 4.78 is 27.6. The van der Waals surface area contributed by atoms with Crippen molar-refractivity contribution in [3.05, 3.63) is 0 Å². The van der Waals surface area contributed by atoms with Crippen LogP contribution in [-0.4, -0.2) is 31.4 Å². The predicted octanol–water partition coefficient (Wildman–Crippen LogP) is 1.11. The largest absolute Gasteiger partial charge is 0.444 e. The zero-order valence-electron chi connectivity index (χ0n) is 11.2. The number of carbonyl (C=O) groups excluding carboxylic acids is 1. The summed E-state index contributed by atoms with van der Waals surface area (Å²) in [4.78, 5) is 11.7. The Balaban J connectivity index is 2.72. The maximum Gasteiger partial charge on any atom is 0.408 e. The van der Waals surface area contributed by atoms with E-state index in [9.17, 15) is 13.2 Å². The molecule has 18 heavy (non-hydrogen) atoms. The number of hydrogen-bond acceptors (Lipinski definition) is 4. The predicted molar refractivity (Wildman–Crippen MR) is 68.5 cm³/mol. The molecule has 3 N–H and O–H groups in total. The molecular weight excluding hydrogens is 256 g/mol. The van der Waals surface area contributed by atoms with Crippen LogP contribution >= 0.6 is 0 Å². The first-order valence-corrected chi connectivity index (χ1v) is 7.75. The molecule has 0 aromatic heterocycles. The third kappa shape index (κ3) is 5.22. The highest BCUT2D eigenvalue weighted by atomic mass is 32.2. The van der Waals surface area contributed by atoms with E-state index in [1.807, 2.05) is 0 Å². The normalized spacial score (nSPS) is 19.6. The number of primary sulfonamides is 1. The molecular formula is C11H22N2O4S. The molecule has 0 bridgehead atoms. The molecule has 1 amide bonds. The smallest absolute Gasteiger partial charge is 0.408 e. The minimum absolute atomic E-state index is 0.237.